The Balaban J connectivity index is 1.53. The highest BCUT2D eigenvalue weighted by Gasteiger charge is 2.29. The molecule has 224 valence electrons. The number of esters is 1. The van der Waals surface area contributed by atoms with Crippen LogP contribution in [-0.4, -0.2) is 55.6 Å². The Kier molecular flexibility index (Phi) is 10.6. The van der Waals surface area contributed by atoms with Crippen molar-refractivity contribution in [3.63, 3.8) is 0 Å². The first-order valence-corrected chi connectivity index (χ1v) is 14.6. The third-order valence-corrected chi connectivity index (χ3v) is 7.82. The van der Waals surface area contributed by atoms with Crippen LogP contribution in [0.1, 0.15) is 28.4 Å². The summed E-state index contributed by atoms with van der Waals surface area (Å²) in [7, 11) is 0. The molecule has 1 fully saturated rings. The average molecular weight is 665 g/mol. The summed E-state index contributed by atoms with van der Waals surface area (Å²) in [5, 5.41) is 24.7. The van der Waals surface area contributed by atoms with Crippen LogP contribution in [0.25, 0.3) is 0 Å². The third kappa shape index (κ3) is 7.80. The van der Waals surface area contributed by atoms with Gasteiger partial charge in [-0.15, -0.1) is 0 Å². The molecule has 1 saturated heterocycles. The highest BCUT2D eigenvalue weighted by Crippen LogP contribution is 2.33. The Morgan fingerprint density at radius 2 is 1.60 bits per heavy atom. The van der Waals surface area contributed by atoms with Crippen molar-refractivity contribution in [3.8, 4) is 6.07 Å². The Morgan fingerprint density at radius 3 is 2.16 bits per heavy atom. The van der Waals surface area contributed by atoms with E-state index in [1.54, 1.807) is 25.1 Å². The van der Waals surface area contributed by atoms with Crippen LogP contribution in [0, 0.1) is 21.4 Å². The Labute approximate surface area is 267 Å². The fourth-order valence-corrected chi connectivity index (χ4v) is 5.97. The van der Waals surface area contributed by atoms with Gasteiger partial charge >= 0.3 is 5.97 Å². The lowest BCUT2D eigenvalue weighted by molar-refractivity contribution is -0.384. The number of ether oxygens (including phenoxy) is 1. The predicted octanol–water partition coefficient (Wildman–Crippen LogP) is 6.31. The first-order valence-electron chi connectivity index (χ1n) is 13.1. The van der Waals surface area contributed by atoms with Crippen LogP contribution in [0.4, 0.5) is 17.1 Å². The van der Waals surface area contributed by atoms with Crippen molar-refractivity contribution in [1.82, 2.24) is 5.32 Å². The van der Waals surface area contributed by atoms with E-state index in [2.05, 4.69) is 10.2 Å². The first-order chi connectivity index (χ1) is 20.5. The predicted molar refractivity (Wildman–Crippen MR) is 167 cm³/mol. The summed E-state index contributed by atoms with van der Waals surface area (Å²) < 4.78 is 5.14. The van der Waals surface area contributed by atoms with Gasteiger partial charge in [0.2, 0.25) is 0 Å². The molecular formula is C29H25Cl4N5O5. The summed E-state index contributed by atoms with van der Waals surface area (Å²) in [6, 6.07) is 13.3. The number of nitrogens with one attached hydrogen (secondary N) is 1. The maximum atomic E-state index is 13.1. The second-order valence-electron chi connectivity index (χ2n) is 9.59. The number of nitro groups is 1. The van der Waals surface area contributed by atoms with Crippen molar-refractivity contribution in [1.29, 1.82) is 5.26 Å². The minimum Gasteiger partial charge on any atom is -0.464 e. The van der Waals surface area contributed by atoms with E-state index in [1.807, 2.05) is 23.1 Å². The molecule has 1 heterocycles. The molecule has 1 N–H and O–H groups in total. The standard InChI is InChI=1S/C29H25Cl4N5O5/c1-2-43-29(40)24(35-28(39)27-22(32)9-18(16-34)10-23(27)33)11-17-3-4-25(26(12-17)38(41)42)37-7-5-36(6-8-37)21-14-19(30)13-20(31)15-21/h3-4,9-10,12-15,24H,2,5-8,11H2,1H3,(H,35,39)/t24-/m0/s1. The Bertz CT molecular complexity index is 1560. The van der Waals surface area contributed by atoms with E-state index in [9.17, 15) is 19.7 Å². The van der Waals surface area contributed by atoms with Crippen LogP contribution in [0.15, 0.2) is 48.5 Å². The Hall–Kier alpha value is -3.75. The molecular weight excluding hydrogens is 640 g/mol. The van der Waals surface area contributed by atoms with Crippen LogP contribution < -0.4 is 15.1 Å². The molecule has 0 bridgehead atoms. The van der Waals surface area contributed by atoms with Crippen molar-refractivity contribution in [2.45, 2.75) is 19.4 Å². The number of hydrogen-bond donors (Lipinski definition) is 1. The molecule has 3 aromatic rings. The van der Waals surface area contributed by atoms with E-state index in [4.69, 9.17) is 56.4 Å². The molecule has 1 aliphatic rings. The largest absolute Gasteiger partial charge is 0.464 e. The molecule has 43 heavy (non-hydrogen) atoms. The molecule has 1 atom stereocenters. The minimum atomic E-state index is -1.20. The van der Waals surface area contributed by atoms with E-state index in [-0.39, 0.29) is 39.9 Å². The topological polar surface area (TPSA) is 129 Å². The fraction of sp³-hybridized carbons (Fsp3) is 0.276. The number of nitriles is 1. The average Bonchev–Trinajstić information content (AvgIpc) is 2.96. The molecule has 4 rings (SSSR count). The highest BCUT2D eigenvalue weighted by molar-refractivity contribution is 6.40. The zero-order chi connectivity index (χ0) is 31.3. The van der Waals surface area contributed by atoms with Gasteiger partial charge in [0.1, 0.15) is 11.7 Å². The van der Waals surface area contributed by atoms with Crippen molar-refractivity contribution in [2.75, 3.05) is 42.6 Å². The molecule has 0 unspecified atom stereocenters. The summed E-state index contributed by atoms with van der Waals surface area (Å²) in [6.45, 7) is 3.87. The SMILES string of the molecule is CCOC(=O)[C@H](Cc1ccc(N2CCN(c3cc(Cl)cc(Cl)c3)CC2)c([N+](=O)[O-])c1)NC(=O)c1c(Cl)cc(C#N)cc1Cl. The smallest absolute Gasteiger partial charge is 0.328 e. The van der Waals surface area contributed by atoms with Crippen molar-refractivity contribution < 1.29 is 19.2 Å². The molecule has 0 spiro atoms. The van der Waals surface area contributed by atoms with Crippen LogP contribution in [0.5, 0.6) is 0 Å². The van der Waals surface area contributed by atoms with E-state index in [0.29, 0.717) is 47.5 Å². The first kappa shape index (κ1) is 32.2. The van der Waals surface area contributed by atoms with E-state index in [0.717, 1.165) is 5.69 Å². The van der Waals surface area contributed by atoms with E-state index >= 15 is 0 Å². The number of rotatable bonds is 9. The van der Waals surface area contributed by atoms with Crippen molar-refractivity contribution in [3.05, 3.63) is 95.4 Å². The quantitative estimate of drug-likeness (QED) is 0.160. The zero-order valence-electron chi connectivity index (χ0n) is 22.8. The lowest BCUT2D eigenvalue weighted by Crippen LogP contribution is -2.46. The van der Waals surface area contributed by atoms with Crippen LogP contribution in [0.3, 0.4) is 0 Å². The number of carbonyl (C=O) groups is 2. The number of halogens is 4. The van der Waals surface area contributed by atoms with Gasteiger partial charge in [-0.1, -0.05) is 52.5 Å². The molecule has 1 amide bonds. The van der Waals surface area contributed by atoms with Gasteiger partial charge in [0, 0.05) is 54.4 Å². The van der Waals surface area contributed by atoms with Crippen LogP contribution >= 0.6 is 46.4 Å². The van der Waals surface area contributed by atoms with Gasteiger partial charge in [0.15, 0.2) is 0 Å². The molecule has 3 aromatic carbocycles. The van der Waals surface area contributed by atoms with Crippen LogP contribution in [-0.2, 0) is 16.0 Å². The second-order valence-corrected chi connectivity index (χ2v) is 11.3. The number of nitrogens with zero attached hydrogens (tertiary/aromatic N) is 4. The number of amides is 1. The lowest BCUT2D eigenvalue weighted by atomic mass is 10.0. The molecule has 10 nitrogen and oxygen atoms in total. The maximum Gasteiger partial charge on any atom is 0.328 e. The second kappa shape index (κ2) is 14.1. The van der Waals surface area contributed by atoms with E-state index < -0.39 is 22.8 Å². The molecule has 0 aromatic heterocycles. The highest BCUT2D eigenvalue weighted by atomic mass is 35.5. The zero-order valence-corrected chi connectivity index (χ0v) is 25.8. The van der Waals surface area contributed by atoms with Crippen LogP contribution in [0.2, 0.25) is 20.1 Å². The molecule has 14 heteroatoms. The number of nitro benzene ring substituents is 1. The van der Waals surface area contributed by atoms with Gasteiger partial charge in [0.25, 0.3) is 11.6 Å². The minimum absolute atomic E-state index is 0.0516. The van der Waals surface area contributed by atoms with Crippen molar-refractivity contribution >= 4 is 75.3 Å². The lowest BCUT2D eigenvalue weighted by Gasteiger charge is -2.37. The summed E-state index contributed by atoms with van der Waals surface area (Å²) in [5.41, 5.74) is 1.65. The van der Waals surface area contributed by atoms with E-state index in [1.165, 1.54) is 18.2 Å². The monoisotopic (exact) mass is 663 g/mol. The number of anilines is 2. The summed E-state index contributed by atoms with van der Waals surface area (Å²) in [5.74, 6) is -1.50. The fourth-order valence-electron chi connectivity index (χ4n) is 4.79. The summed E-state index contributed by atoms with van der Waals surface area (Å²) in [4.78, 5) is 41.6. The van der Waals surface area contributed by atoms with Gasteiger partial charge in [-0.25, -0.2) is 4.79 Å². The van der Waals surface area contributed by atoms with Gasteiger partial charge in [-0.2, -0.15) is 5.26 Å². The number of carbonyl (C=O) groups excluding carboxylic acids is 2. The third-order valence-electron chi connectivity index (χ3n) is 6.78. The van der Waals surface area contributed by atoms with Gasteiger partial charge in [-0.3, -0.25) is 14.9 Å². The number of benzene rings is 3. The van der Waals surface area contributed by atoms with Crippen molar-refractivity contribution in [2.24, 2.45) is 0 Å². The van der Waals surface area contributed by atoms with Gasteiger partial charge < -0.3 is 19.9 Å². The summed E-state index contributed by atoms with van der Waals surface area (Å²) >= 11 is 24.7. The summed E-state index contributed by atoms with van der Waals surface area (Å²) in [6.07, 6.45) is -0.0967. The van der Waals surface area contributed by atoms with Gasteiger partial charge in [-0.05, 0) is 48.9 Å². The number of hydrogen-bond acceptors (Lipinski definition) is 8. The molecule has 0 saturated carbocycles. The normalized spacial score (nSPS) is 13.7. The van der Waals surface area contributed by atoms with Gasteiger partial charge in [0.05, 0.1) is 38.8 Å². The maximum absolute atomic E-state index is 13.1. The molecule has 0 aliphatic carbocycles. The Morgan fingerprint density at radius 1 is 1.00 bits per heavy atom. The number of piperazine rings is 1. The molecule has 1 aliphatic heterocycles. The molecule has 0 radical (unpaired) electrons.